The molecule has 0 radical (unpaired) electrons. The third-order valence-corrected chi connectivity index (χ3v) is 6.54. The maximum absolute atomic E-state index is 14.7. The molecular weight excluding hydrogens is 427 g/mol. The maximum atomic E-state index is 14.7. The van der Waals surface area contributed by atoms with Gasteiger partial charge in [-0.3, -0.25) is 19.6 Å². The van der Waals surface area contributed by atoms with Crippen molar-refractivity contribution >= 4 is 33.6 Å². The molecule has 1 aliphatic rings. The Morgan fingerprint density at radius 1 is 1.12 bits per heavy atom. The third kappa shape index (κ3) is 4.43. The summed E-state index contributed by atoms with van der Waals surface area (Å²) in [5.41, 5.74) is 2.59. The standard InChI is InChI=1S/C25H19FN2O3S/c26-19-11-16(10-18(30)9-15-1-2-15)4-6-22(19)31-23-7-8-27-21-12-24(32-25(21)23)20-5-3-17(14-29)13-28-20/h3-8,11-15H,1-2,9-10H2. The molecule has 5 rings (SSSR count). The second-order valence-electron chi connectivity index (χ2n) is 7.96. The van der Waals surface area contributed by atoms with Crippen LogP contribution in [0.5, 0.6) is 11.5 Å². The largest absolute Gasteiger partial charge is 0.453 e. The number of aldehydes is 1. The smallest absolute Gasteiger partial charge is 0.166 e. The van der Waals surface area contributed by atoms with Gasteiger partial charge < -0.3 is 4.74 Å². The summed E-state index contributed by atoms with van der Waals surface area (Å²) in [7, 11) is 0. The minimum absolute atomic E-state index is 0.0966. The molecular formula is C25H19FN2O3S. The first kappa shape index (κ1) is 20.5. The summed E-state index contributed by atoms with van der Waals surface area (Å²) in [5, 5.41) is 0. The molecule has 160 valence electrons. The third-order valence-electron chi connectivity index (χ3n) is 5.38. The number of rotatable bonds is 8. The van der Waals surface area contributed by atoms with E-state index in [-0.39, 0.29) is 18.0 Å². The topological polar surface area (TPSA) is 69.2 Å². The van der Waals surface area contributed by atoms with Gasteiger partial charge in [0.1, 0.15) is 11.5 Å². The lowest BCUT2D eigenvalue weighted by atomic mass is 10.0. The van der Waals surface area contributed by atoms with Crippen LogP contribution in [0, 0.1) is 11.7 Å². The van der Waals surface area contributed by atoms with Gasteiger partial charge in [0, 0.05) is 36.9 Å². The lowest BCUT2D eigenvalue weighted by Gasteiger charge is -2.09. The van der Waals surface area contributed by atoms with Gasteiger partial charge in [-0.05, 0) is 54.7 Å². The SMILES string of the molecule is O=Cc1ccc(-c2cc3nccc(Oc4ccc(CC(=O)CC5CC5)cc4F)c3s2)nc1. The lowest BCUT2D eigenvalue weighted by Crippen LogP contribution is -2.04. The van der Waals surface area contributed by atoms with Gasteiger partial charge in [0.15, 0.2) is 17.9 Å². The molecule has 1 aromatic carbocycles. The Hall–Kier alpha value is -3.45. The molecule has 0 spiro atoms. The second kappa shape index (κ2) is 8.59. The zero-order chi connectivity index (χ0) is 22.1. The van der Waals surface area contributed by atoms with E-state index in [2.05, 4.69) is 9.97 Å². The molecule has 1 fully saturated rings. The molecule has 32 heavy (non-hydrogen) atoms. The van der Waals surface area contributed by atoms with Crippen molar-refractivity contribution in [3.05, 3.63) is 71.8 Å². The molecule has 0 amide bonds. The van der Waals surface area contributed by atoms with Gasteiger partial charge in [0.05, 0.1) is 20.8 Å². The van der Waals surface area contributed by atoms with Gasteiger partial charge in [-0.15, -0.1) is 11.3 Å². The molecule has 0 atom stereocenters. The predicted molar refractivity (Wildman–Crippen MR) is 121 cm³/mol. The summed E-state index contributed by atoms with van der Waals surface area (Å²) in [6.45, 7) is 0. The quantitative estimate of drug-likeness (QED) is 0.310. The molecule has 1 aliphatic carbocycles. The number of carbonyl (C=O) groups is 2. The summed E-state index contributed by atoms with van der Waals surface area (Å²) < 4.78 is 21.4. The van der Waals surface area contributed by atoms with Crippen LogP contribution in [0.25, 0.3) is 20.8 Å². The summed E-state index contributed by atoms with van der Waals surface area (Å²) in [4.78, 5) is 32.5. The van der Waals surface area contributed by atoms with Gasteiger partial charge in [-0.1, -0.05) is 6.07 Å². The van der Waals surface area contributed by atoms with E-state index in [1.165, 1.54) is 23.6 Å². The molecule has 3 heterocycles. The summed E-state index contributed by atoms with van der Waals surface area (Å²) >= 11 is 1.43. The average molecular weight is 447 g/mol. The highest BCUT2D eigenvalue weighted by Crippen LogP contribution is 2.39. The van der Waals surface area contributed by atoms with Gasteiger partial charge in [-0.25, -0.2) is 4.39 Å². The van der Waals surface area contributed by atoms with Crippen LogP contribution in [-0.2, 0) is 11.2 Å². The van der Waals surface area contributed by atoms with Gasteiger partial charge >= 0.3 is 0 Å². The number of thiophene rings is 1. The fourth-order valence-corrected chi connectivity index (χ4v) is 4.58. The van der Waals surface area contributed by atoms with Crippen LogP contribution in [0.3, 0.4) is 0 Å². The Balaban J connectivity index is 1.38. The number of halogens is 1. The highest BCUT2D eigenvalue weighted by Gasteiger charge is 2.24. The monoisotopic (exact) mass is 446 g/mol. The van der Waals surface area contributed by atoms with Crippen LogP contribution >= 0.6 is 11.3 Å². The predicted octanol–water partition coefficient (Wildman–Crippen LogP) is 6.01. The van der Waals surface area contributed by atoms with E-state index in [0.717, 1.165) is 34.4 Å². The van der Waals surface area contributed by atoms with Crippen LogP contribution < -0.4 is 4.74 Å². The van der Waals surface area contributed by atoms with Crippen LogP contribution in [0.4, 0.5) is 4.39 Å². The fraction of sp³-hybridized carbons (Fsp3) is 0.200. The van der Waals surface area contributed by atoms with Crippen molar-refractivity contribution in [2.24, 2.45) is 5.92 Å². The van der Waals surface area contributed by atoms with E-state index >= 15 is 0 Å². The van der Waals surface area contributed by atoms with Crippen LogP contribution in [-0.4, -0.2) is 22.0 Å². The van der Waals surface area contributed by atoms with Crippen molar-refractivity contribution < 1.29 is 18.7 Å². The number of hydrogen-bond acceptors (Lipinski definition) is 6. The molecule has 7 heteroatoms. The highest BCUT2D eigenvalue weighted by molar-refractivity contribution is 7.22. The second-order valence-corrected chi connectivity index (χ2v) is 9.01. The van der Waals surface area contributed by atoms with Crippen LogP contribution in [0.1, 0.15) is 35.2 Å². The molecule has 5 nitrogen and oxygen atoms in total. The number of nitrogens with zero attached hydrogens (tertiary/aromatic N) is 2. The summed E-state index contributed by atoms with van der Waals surface area (Å²) in [6, 6.07) is 11.7. The Kier molecular flexibility index (Phi) is 5.49. The molecule has 1 saturated carbocycles. The van der Waals surface area contributed by atoms with Crippen molar-refractivity contribution in [3.8, 4) is 22.1 Å². The van der Waals surface area contributed by atoms with Gasteiger partial charge in [0.25, 0.3) is 0 Å². The van der Waals surface area contributed by atoms with E-state index in [4.69, 9.17) is 4.74 Å². The number of hydrogen-bond donors (Lipinski definition) is 0. The first-order valence-corrected chi connectivity index (χ1v) is 11.2. The number of aromatic nitrogens is 2. The van der Waals surface area contributed by atoms with Gasteiger partial charge in [0.2, 0.25) is 0 Å². The Morgan fingerprint density at radius 2 is 2.00 bits per heavy atom. The van der Waals surface area contributed by atoms with E-state index in [1.807, 2.05) is 6.07 Å². The number of ether oxygens (including phenoxy) is 1. The summed E-state index contributed by atoms with van der Waals surface area (Å²) in [5.74, 6) is 0.760. The first-order valence-electron chi connectivity index (χ1n) is 10.4. The van der Waals surface area contributed by atoms with Crippen molar-refractivity contribution in [1.29, 1.82) is 0 Å². The minimum Gasteiger partial charge on any atom is -0.453 e. The van der Waals surface area contributed by atoms with E-state index in [9.17, 15) is 14.0 Å². The Labute approximate surface area is 187 Å². The summed E-state index contributed by atoms with van der Waals surface area (Å²) in [6.07, 6.45) is 6.96. The molecule has 0 aliphatic heterocycles. The molecule has 4 aromatic rings. The molecule has 0 unspecified atom stereocenters. The lowest BCUT2D eigenvalue weighted by molar-refractivity contribution is -0.118. The maximum Gasteiger partial charge on any atom is 0.166 e. The zero-order valence-electron chi connectivity index (χ0n) is 17.1. The molecule has 0 N–H and O–H groups in total. The Morgan fingerprint density at radius 3 is 2.72 bits per heavy atom. The normalized spacial score (nSPS) is 13.3. The Bertz CT molecular complexity index is 1310. The molecule has 0 bridgehead atoms. The number of pyridine rings is 2. The fourth-order valence-electron chi connectivity index (χ4n) is 3.54. The van der Waals surface area contributed by atoms with Crippen LogP contribution in [0.15, 0.2) is 54.9 Å². The number of ketones is 1. The average Bonchev–Trinajstić information content (AvgIpc) is 3.49. The number of benzene rings is 1. The van der Waals surface area contributed by atoms with Gasteiger partial charge in [-0.2, -0.15) is 0 Å². The highest BCUT2D eigenvalue weighted by atomic mass is 32.1. The number of Topliss-reactive ketones (excluding diaryl/α,β-unsaturated/α-hetero) is 1. The number of carbonyl (C=O) groups excluding carboxylic acids is 2. The van der Waals surface area contributed by atoms with Crippen molar-refractivity contribution in [2.75, 3.05) is 0 Å². The molecule has 0 saturated heterocycles. The number of fused-ring (bicyclic) bond motifs is 1. The molecule has 3 aromatic heterocycles. The van der Waals surface area contributed by atoms with E-state index < -0.39 is 5.82 Å². The first-order chi connectivity index (χ1) is 15.6. The van der Waals surface area contributed by atoms with Crippen molar-refractivity contribution in [3.63, 3.8) is 0 Å². The van der Waals surface area contributed by atoms with Crippen LogP contribution in [0.2, 0.25) is 0 Å². The van der Waals surface area contributed by atoms with Crippen molar-refractivity contribution in [1.82, 2.24) is 9.97 Å². The minimum atomic E-state index is -0.505. The van der Waals surface area contributed by atoms with Crippen molar-refractivity contribution in [2.45, 2.75) is 25.7 Å². The van der Waals surface area contributed by atoms with E-state index in [1.54, 1.807) is 36.5 Å². The zero-order valence-corrected chi connectivity index (χ0v) is 17.9. The van der Waals surface area contributed by atoms with E-state index in [0.29, 0.717) is 34.7 Å².